The second-order valence-corrected chi connectivity index (χ2v) is 7.39. The summed E-state index contributed by atoms with van der Waals surface area (Å²) in [6, 6.07) is 14.3. The Morgan fingerprint density at radius 1 is 1.11 bits per heavy atom. The fraction of sp³-hybridized carbons (Fsp3) is 0.458. The molecule has 0 saturated heterocycles. The number of hydrogen-bond donors (Lipinski definition) is 1. The van der Waals surface area contributed by atoms with E-state index in [4.69, 9.17) is 9.47 Å². The zero-order valence-electron chi connectivity index (χ0n) is 17.0. The summed E-state index contributed by atoms with van der Waals surface area (Å²) in [5.74, 6) is 1.56. The van der Waals surface area contributed by atoms with E-state index in [0.717, 1.165) is 37.2 Å². The van der Waals surface area contributed by atoms with Gasteiger partial charge in [0.05, 0.1) is 6.54 Å². The highest BCUT2D eigenvalue weighted by atomic mass is 16.5. The third-order valence-corrected chi connectivity index (χ3v) is 5.16. The molecule has 0 saturated carbocycles. The summed E-state index contributed by atoms with van der Waals surface area (Å²) >= 11 is 0. The van der Waals surface area contributed by atoms with Gasteiger partial charge >= 0.3 is 0 Å². The number of aryl methyl sites for hydroxylation is 2. The van der Waals surface area contributed by atoms with Gasteiger partial charge in [-0.1, -0.05) is 37.6 Å². The van der Waals surface area contributed by atoms with Crippen molar-refractivity contribution in [2.45, 2.75) is 58.5 Å². The molecule has 1 N–H and O–H groups in total. The molecule has 4 nitrogen and oxygen atoms in total. The van der Waals surface area contributed by atoms with Crippen molar-refractivity contribution in [1.82, 2.24) is 5.32 Å². The van der Waals surface area contributed by atoms with Gasteiger partial charge in [-0.2, -0.15) is 0 Å². The van der Waals surface area contributed by atoms with Crippen LogP contribution in [0, 0.1) is 0 Å². The molecule has 1 atom stereocenters. The Labute approximate surface area is 168 Å². The average Bonchev–Trinajstić information content (AvgIpc) is 2.72. The molecule has 4 heteroatoms. The number of rotatable bonds is 9. The molecule has 1 aliphatic rings. The smallest absolute Gasteiger partial charge is 0.260 e. The Balaban J connectivity index is 1.42. The molecule has 0 heterocycles. The molecule has 2 aromatic rings. The van der Waals surface area contributed by atoms with Gasteiger partial charge in [-0.15, -0.1) is 0 Å². The van der Waals surface area contributed by atoms with E-state index in [1.807, 2.05) is 24.3 Å². The molecular weight excluding hydrogens is 350 g/mol. The van der Waals surface area contributed by atoms with Crippen LogP contribution in [0.5, 0.6) is 11.5 Å². The lowest BCUT2D eigenvalue weighted by Gasteiger charge is -2.22. The molecule has 0 unspecified atom stereocenters. The first kappa shape index (κ1) is 20.2. The molecule has 3 rings (SSSR count). The van der Waals surface area contributed by atoms with Crippen molar-refractivity contribution in [3.63, 3.8) is 0 Å². The topological polar surface area (TPSA) is 47.6 Å². The van der Waals surface area contributed by atoms with E-state index in [1.165, 1.54) is 29.5 Å². The van der Waals surface area contributed by atoms with Crippen molar-refractivity contribution >= 4 is 5.91 Å². The van der Waals surface area contributed by atoms with E-state index in [0.29, 0.717) is 13.2 Å². The molecule has 0 aliphatic heterocycles. The van der Waals surface area contributed by atoms with Gasteiger partial charge in [0.15, 0.2) is 6.10 Å². The minimum Gasteiger partial charge on any atom is -0.492 e. The van der Waals surface area contributed by atoms with Crippen molar-refractivity contribution in [3.8, 4) is 11.5 Å². The molecule has 1 aliphatic carbocycles. The molecule has 0 aromatic heterocycles. The number of ether oxygens (including phenoxy) is 2. The van der Waals surface area contributed by atoms with E-state index in [9.17, 15) is 4.79 Å². The Kier molecular flexibility index (Phi) is 7.35. The Hall–Kier alpha value is -2.49. The standard InChI is InChI=1S/C24H31NO3/c1-3-7-19-12-14-21(15-13-19)27-17-16-25-24(26)18(2)28-23-11-6-9-20-8-4-5-10-22(20)23/h6,9,11-15,18H,3-5,7-8,10,16-17H2,1-2H3,(H,25,26)/t18-/m0/s1. The summed E-state index contributed by atoms with van der Waals surface area (Å²) in [4.78, 5) is 12.4. The lowest BCUT2D eigenvalue weighted by atomic mass is 9.91. The highest BCUT2D eigenvalue weighted by Crippen LogP contribution is 2.30. The summed E-state index contributed by atoms with van der Waals surface area (Å²) in [5, 5.41) is 2.90. The zero-order valence-corrected chi connectivity index (χ0v) is 17.0. The van der Waals surface area contributed by atoms with Crippen LogP contribution >= 0.6 is 0 Å². The molecule has 0 fully saturated rings. The normalized spacial score (nSPS) is 14.1. The molecule has 2 aromatic carbocycles. The van der Waals surface area contributed by atoms with E-state index < -0.39 is 6.10 Å². The van der Waals surface area contributed by atoms with Crippen LogP contribution in [0.1, 0.15) is 49.8 Å². The van der Waals surface area contributed by atoms with Crippen LogP contribution in [0.2, 0.25) is 0 Å². The van der Waals surface area contributed by atoms with Gasteiger partial charge in [0.2, 0.25) is 0 Å². The fourth-order valence-electron chi connectivity index (χ4n) is 3.63. The minimum atomic E-state index is -0.526. The molecule has 0 bridgehead atoms. The lowest BCUT2D eigenvalue weighted by molar-refractivity contribution is -0.127. The number of amides is 1. The number of nitrogens with one attached hydrogen (secondary N) is 1. The van der Waals surface area contributed by atoms with Gasteiger partial charge in [-0.25, -0.2) is 0 Å². The number of benzene rings is 2. The van der Waals surface area contributed by atoms with Crippen molar-refractivity contribution in [2.24, 2.45) is 0 Å². The maximum Gasteiger partial charge on any atom is 0.260 e. The summed E-state index contributed by atoms with van der Waals surface area (Å²) < 4.78 is 11.7. The minimum absolute atomic E-state index is 0.115. The third kappa shape index (κ3) is 5.51. The zero-order chi connectivity index (χ0) is 19.8. The van der Waals surface area contributed by atoms with Gasteiger partial charge in [-0.3, -0.25) is 4.79 Å². The van der Waals surface area contributed by atoms with Crippen LogP contribution in [-0.4, -0.2) is 25.2 Å². The van der Waals surface area contributed by atoms with Crippen LogP contribution in [0.15, 0.2) is 42.5 Å². The maximum atomic E-state index is 12.4. The Bertz CT molecular complexity index is 770. The molecular formula is C24H31NO3. The van der Waals surface area contributed by atoms with Gasteiger partial charge < -0.3 is 14.8 Å². The fourth-order valence-corrected chi connectivity index (χ4v) is 3.63. The van der Waals surface area contributed by atoms with Crippen LogP contribution < -0.4 is 14.8 Å². The molecule has 150 valence electrons. The van der Waals surface area contributed by atoms with E-state index in [2.05, 4.69) is 30.4 Å². The first-order chi connectivity index (χ1) is 13.7. The van der Waals surface area contributed by atoms with E-state index in [-0.39, 0.29) is 5.91 Å². The molecule has 28 heavy (non-hydrogen) atoms. The summed E-state index contributed by atoms with van der Waals surface area (Å²) in [7, 11) is 0. The maximum absolute atomic E-state index is 12.4. The van der Waals surface area contributed by atoms with Crippen molar-refractivity contribution in [2.75, 3.05) is 13.2 Å². The van der Waals surface area contributed by atoms with Crippen LogP contribution in [0.3, 0.4) is 0 Å². The predicted molar refractivity (Wildman–Crippen MR) is 112 cm³/mol. The van der Waals surface area contributed by atoms with Crippen molar-refractivity contribution in [3.05, 3.63) is 59.2 Å². The van der Waals surface area contributed by atoms with Gasteiger partial charge in [0.25, 0.3) is 5.91 Å². The lowest BCUT2D eigenvalue weighted by Crippen LogP contribution is -2.38. The van der Waals surface area contributed by atoms with Crippen LogP contribution in [-0.2, 0) is 24.1 Å². The van der Waals surface area contributed by atoms with E-state index in [1.54, 1.807) is 6.92 Å². The highest BCUT2D eigenvalue weighted by Gasteiger charge is 2.19. The number of carbonyl (C=O) groups excluding carboxylic acids is 1. The first-order valence-electron chi connectivity index (χ1n) is 10.4. The molecule has 0 spiro atoms. The van der Waals surface area contributed by atoms with Gasteiger partial charge in [0.1, 0.15) is 18.1 Å². The number of fused-ring (bicyclic) bond motifs is 1. The molecule has 1 amide bonds. The van der Waals surface area contributed by atoms with Gasteiger partial charge in [0, 0.05) is 0 Å². The van der Waals surface area contributed by atoms with Crippen LogP contribution in [0.25, 0.3) is 0 Å². The SMILES string of the molecule is CCCc1ccc(OCCNC(=O)[C@H](C)Oc2cccc3c2CCCC3)cc1. The Morgan fingerprint density at radius 3 is 2.68 bits per heavy atom. The van der Waals surface area contributed by atoms with Crippen molar-refractivity contribution < 1.29 is 14.3 Å². The van der Waals surface area contributed by atoms with Crippen molar-refractivity contribution in [1.29, 1.82) is 0 Å². The molecule has 0 radical (unpaired) electrons. The van der Waals surface area contributed by atoms with Crippen LogP contribution in [0.4, 0.5) is 0 Å². The Morgan fingerprint density at radius 2 is 1.89 bits per heavy atom. The predicted octanol–water partition coefficient (Wildman–Crippen LogP) is 4.48. The summed E-state index contributed by atoms with van der Waals surface area (Å²) in [6.45, 7) is 4.86. The largest absolute Gasteiger partial charge is 0.492 e. The number of hydrogen-bond acceptors (Lipinski definition) is 3. The third-order valence-electron chi connectivity index (χ3n) is 5.16. The quantitative estimate of drug-likeness (QED) is 0.652. The number of carbonyl (C=O) groups is 1. The average molecular weight is 382 g/mol. The van der Waals surface area contributed by atoms with Gasteiger partial charge in [-0.05, 0) is 73.9 Å². The second kappa shape index (κ2) is 10.2. The second-order valence-electron chi connectivity index (χ2n) is 7.39. The first-order valence-corrected chi connectivity index (χ1v) is 10.4. The summed E-state index contributed by atoms with van der Waals surface area (Å²) in [5.41, 5.74) is 3.94. The highest BCUT2D eigenvalue weighted by molar-refractivity contribution is 5.80. The van der Waals surface area contributed by atoms with E-state index >= 15 is 0 Å². The summed E-state index contributed by atoms with van der Waals surface area (Å²) in [6.07, 6.45) is 6.24. The monoisotopic (exact) mass is 381 g/mol.